The molecule has 23 heavy (non-hydrogen) atoms. The van der Waals surface area contributed by atoms with Crippen LogP contribution in [-0.4, -0.2) is 30.3 Å². The number of hydrogen-bond acceptors (Lipinski definition) is 2. The van der Waals surface area contributed by atoms with E-state index in [0.29, 0.717) is 17.6 Å². The lowest BCUT2D eigenvalue weighted by atomic mass is 9.90. The number of nitrogens with zero attached hydrogens (tertiary/aromatic N) is 1. The van der Waals surface area contributed by atoms with Crippen LogP contribution in [0.5, 0.6) is 0 Å². The van der Waals surface area contributed by atoms with Crippen LogP contribution in [0.25, 0.3) is 6.08 Å². The SMILES string of the molecule is O=C(CCCN1CCC2=Cc3ccccc3C2C1)C1CCCC1. The van der Waals surface area contributed by atoms with E-state index in [9.17, 15) is 4.79 Å². The predicted octanol–water partition coefficient (Wildman–Crippen LogP) is 4.41. The van der Waals surface area contributed by atoms with Gasteiger partial charge in [0.05, 0.1) is 0 Å². The van der Waals surface area contributed by atoms with Crippen molar-refractivity contribution in [1.82, 2.24) is 4.90 Å². The van der Waals surface area contributed by atoms with Crippen LogP contribution < -0.4 is 0 Å². The monoisotopic (exact) mass is 309 g/mol. The maximum Gasteiger partial charge on any atom is 0.136 e. The van der Waals surface area contributed by atoms with Crippen LogP contribution in [0, 0.1) is 5.92 Å². The van der Waals surface area contributed by atoms with Gasteiger partial charge in [0, 0.05) is 31.3 Å². The summed E-state index contributed by atoms with van der Waals surface area (Å²) in [6, 6.07) is 8.83. The molecule has 1 atom stereocenters. The van der Waals surface area contributed by atoms with Gasteiger partial charge in [-0.05, 0) is 43.4 Å². The maximum absolute atomic E-state index is 12.2. The fraction of sp³-hybridized carbons (Fsp3) is 0.571. The molecule has 1 saturated carbocycles. The number of carbonyl (C=O) groups is 1. The predicted molar refractivity (Wildman–Crippen MR) is 94.4 cm³/mol. The summed E-state index contributed by atoms with van der Waals surface area (Å²) in [7, 11) is 0. The Labute approximate surface area is 139 Å². The van der Waals surface area contributed by atoms with Crippen molar-refractivity contribution in [3.05, 3.63) is 41.0 Å². The van der Waals surface area contributed by atoms with Crippen molar-refractivity contribution >= 4 is 11.9 Å². The fourth-order valence-electron chi connectivity index (χ4n) is 4.69. The summed E-state index contributed by atoms with van der Waals surface area (Å²) in [4.78, 5) is 14.8. The third-order valence-corrected chi connectivity index (χ3v) is 6.03. The van der Waals surface area contributed by atoms with Gasteiger partial charge in [-0.15, -0.1) is 0 Å². The Morgan fingerprint density at radius 2 is 2.00 bits per heavy atom. The molecule has 1 aromatic rings. The lowest BCUT2D eigenvalue weighted by Gasteiger charge is -2.33. The zero-order valence-corrected chi connectivity index (χ0v) is 14.0. The molecule has 1 aromatic carbocycles. The van der Waals surface area contributed by atoms with Gasteiger partial charge >= 0.3 is 0 Å². The first-order valence-corrected chi connectivity index (χ1v) is 9.36. The molecule has 0 spiro atoms. The molecular weight excluding hydrogens is 282 g/mol. The third kappa shape index (κ3) is 3.14. The van der Waals surface area contributed by atoms with Crippen LogP contribution >= 0.6 is 0 Å². The van der Waals surface area contributed by atoms with Gasteiger partial charge in [-0.2, -0.15) is 0 Å². The molecule has 2 heteroatoms. The molecule has 1 unspecified atom stereocenters. The summed E-state index contributed by atoms with van der Waals surface area (Å²) in [5.74, 6) is 1.53. The third-order valence-electron chi connectivity index (χ3n) is 6.03. The molecule has 2 aliphatic carbocycles. The highest BCUT2D eigenvalue weighted by atomic mass is 16.1. The minimum Gasteiger partial charge on any atom is -0.302 e. The Morgan fingerprint density at radius 1 is 1.17 bits per heavy atom. The van der Waals surface area contributed by atoms with Gasteiger partial charge in [0.2, 0.25) is 0 Å². The number of carbonyl (C=O) groups excluding carboxylic acids is 1. The van der Waals surface area contributed by atoms with Gasteiger partial charge in [-0.3, -0.25) is 4.79 Å². The zero-order chi connectivity index (χ0) is 15.6. The van der Waals surface area contributed by atoms with E-state index in [1.54, 1.807) is 5.57 Å². The van der Waals surface area contributed by atoms with Gasteiger partial charge in [0.25, 0.3) is 0 Å². The molecule has 2 nitrogen and oxygen atoms in total. The summed E-state index contributed by atoms with van der Waals surface area (Å²) < 4.78 is 0. The van der Waals surface area contributed by atoms with E-state index in [4.69, 9.17) is 0 Å². The second kappa shape index (κ2) is 6.60. The van der Waals surface area contributed by atoms with E-state index in [-0.39, 0.29) is 0 Å². The smallest absolute Gasteiger partial charge is 0.136 e. The number of hydrogen-bond donors (Lipinski definition) is 0. The molecule has 0 aromatic heterocycles. The van der Waals surface area contributed by atoms with E-state index >= 15 is 0 Å². The molecule has 0 radical (unpaired) electrons. The first-order valence-electron chi connectivity index (χ1n) is 9.36. The van der Waals surface area contributed by atoms with Crippen LogP contribution in [0.2, 0.25) is 0 Å². The molecule has 0 N–H and O–H groups in total. The molecule has 4 rings (SSSR count). The Bertz CT molecular complexity index is 612. The summed E-state index contributed by atoms with van der Waals surface area (Å²) in [5, 5.41) is 0. The van der Waals surface area contributed by atoms with E-state index in [2.05, 4.69) is 35.2 Å². The Hall–Kier alpha value is -1.41. The standard InChI is InChI=1S/C21H27NO/c23-21(16-6-1-2-7-16)10-5-12-22-13-11-18-14-17-8-3-4-9-19(17)20(18)15-22/h3-4,8-9,14,16,20H,1-2,5-7,10-13,15H2. The summed E-state index contributed by atoms with van der Waals surface area (Å²) in [5.41, 5.74) is 4.55. The van der Waals surface area contributed by atoms with Crippen molar-refractivity contribution in [2.24, 2.45) is 5.92 Å². The van der Waals surface area contributed by atoms with Crippen molar-refractivity contribution in [1.29, 1.82) is 0 Å². The average molecular weight is 309 g/mol. The Morgan fingerprint density at radius 3 is 2.87 bits per heavy atom. The molecule has 3 aliphatic rings. The summed E-state index contributed by atoms with van der Waals surface area (Å²) in [6.07, 6.45) is 10.3. The highest BCUT2D eigenvalue weighted by molar-refractivity contribution is 5.81. The highest BCUT2D eigenvalue weighted by Crippen LogP contribution is 2.40. The average Bonchev–Trinajstić information content (AvgIpc) is 3.22. The van der Waals surface area contributed by atoms with E-state index in [0.717, 1.165) is 45.3 Å². The molecule has 2 fully saturated rings. The topological polar surface area (TPSA) is 20.3 Å². The van der Waals surface area contributed by atoms with Crippen molar-refractivity contribution in [2.45, 2.75) is 50.9 Å². The molecule has 122 valence electrons. The highest BCUT2D eigenvalue weighted by Gasteiger charge is 2.30. The number of rotatable bonds is 5. The number of likely N-dealkylation sites (tertiary alicyclic amines) is 1. The largest absolute Gasteiger partial charge is 0.302 e. The normalized spacial score (nSPS) is 24.3. The molecule has 0 bridgehead atoms. The maximum atomic E-state index is 12.2. The van der Waals surface area contributed by atoms with Crippen molar-refractivity contribution in [2.75, 3.05) is 19.6 Å². The van der Waals surface area contributed by atoms with Crippen molar-refractivity contribution in [3.8, 4) is 0 Å². The van der Waals surface area contributed by atoms with Crippen LogP contribution in [0.1, 0.15) is 62.0 Å². The van der Waals surface area contributed by atoms with Gasteiger partial charge in [-0.25, -0.2) is 0 Å². The zero-order valence-electron chi connectivity index (χ0n) is 14.0. The summed E-state index contributed by atoms with van der Waals surface area (Å²) >= 11 is 0. The summed E-state index contributed by atoms with van der Waals surface area (Å²) in [6.45, 7) is 3.39. The Kier molecular flexibility index (Phi) is 4.35. The molecule has 1 saturated heterocycles. The van der Waals surface area contributed by atoms with Crippen LogP contribution in [0.3, 0.4) is 0 Å². The Balaban J connectivity index is 1.29. The minimum absolute atomic E-state index is 0.396. The molecule has 0 amide bonds. The van der Waals surface area contributed by atoms with Crippen molar-refractivity contribution < 1.29 is 4.79 Å². The van der Waals surface area contributed by atoms with Crippen LogP contribution in [0.4, 0.5) is 0 Å². The second-order valence-corrected chi connectivity index (χ2v) is 7.50. The number of ketones is 1. The molecule has 1 heterocycles. The fourth-order valence-corrected chi connectivity index (χ4v) is 4.69. The van der Waals surface area contributed by atoms with Crippen molar-refractivity contribution in [3.63, 3.8) is 0 Å². The van der Waals surface area contributed by atoms with Gasteiger partial charge in [0.15, 0.2) is 0 Å². The number of benzene rings is 1. The number of piperidine rings is 1. The number of fused-ring (bicyclic) bond motifs is 3. The van der Waals surface area contributed by atoms with Gasteiger partial charge in [0.1, 0.15) is 5.78 Å². The quantitative estimate of drug-likeness (QED) is 0.803. The van der Waals surface area contributed by atoms with Gasteiger partial charge < -0.3 is 4.90 Å². The first-order chi connectivity index (χ1) is 11.3. The second-order valence-electron chi connectivity index (χ2n) is 7.50. The van der Waals surface area contributed by atoms with E-state index in [1.165, 1.54) is 30.4 Å². The molecule has 1 aliphatic heterocycles. The number of Topliss-reactive ketones (excluding diaryl/α,β-unsaturated/α-hetero) is 1. The van der Waals surface area contributed by atoms with Crippen LogP contribution in [-0.2, 0) is 4.79 Å². The van der Waals surface area contributed by atoms with E-state index < -0.39 is 0 Å². The first kappa shape index (κ1) is 15.1. The minimum atomic E-state index is 0.396. The lowest BCUT2D eigenvalue weighted by molar-refractivity contribution is -0.122. The van der Waals surface area contributed by atoms with Crippen LogP contribution in [0.15, 0.2) is 29.8 Å². The molecular formula is C21H27NO. The van der Waals surface area contributed by atoms with E-state index in [1.807, 2.05) is 0 Å². The lowest BCUT2D eigenvalue weighted by Crippen LogP contribution is -2.35. The van der Waals surface area contributed by atoms with Gasteiger partial charge in [-0.1, -0.05) is 48.8 Å².